The molecule has 5 rings (SSSR count). The Kier molecular flexibility index (Phi) is 9.86. The van der Waals surface area contributed by atoms with Gasteiger partial charge in [0.15, 0.2) is 11.6 Å². The van der Waals surface area contributed by atoms with Crippen molar-refractivity contribution in [3.63, 3.8) is 0 Å². The number of rotatable bonds is 12. The molecule has 3 aromatic carbocycles. The van der Waals surface area contributed by atoms with E-state index in [0.717, 1.165) is 48.3 Å². The van der Waals surface area contributed by atoms with E-state index in [9.17, 15) is 9.59 Å². The molecule has 218 valence electrons. The van der Waals surface area contributed by atoms with Gasteiger partial charge in [0.25, 0.3) is 0 Å². The summed E-state index contributed by atoms with van der Waals surface area (Å²) in [6.45, 7) is 5.67. The van der Waals surface area contributed by atoms with Gasteiger partial charge in [-0.2, -0.15) is 0 Å². The lowest BCUT2D eigenvalue weighted by molar-refractivity contribution is 0.0987. The number of Topliss-reactive ketones (excluding diaryl/α,β-unsaturated/α-hetero) is 2. The van der Waals surface area contributed by atoms with Gasteiger partial charge in [0, 0.05) is 11.1 Å². The quantitative estimate of drug-likeness (QED) is 0.123. The summed E-state index contributed by atoms with van der Waals surface area (Å²) in [5.41, 5.74) is 3.48. The van der Waals surface area contributed by atoms with Gasteiger partial charge in [-0.15, -0.1) is 0 Å². The summed E-state index contributed by atoms with van der Waals surface area (Å²) in [6.07, 6.45) is 15.2. The molecule has 43 heavy (non-hydrogen) atoms. The third-order valence-corrected chi connectivity index (χ3v) is 7.16. The summed E-state index contributed by atoms with van der Waals surface area (Å²) in [7, 11) is 0. The number of unbranched alkanes of at least 4 members (excludes halogenated alkanes) is 2. The second kappa shape index (κ2) is 14.3. The molecule has 2 aliphatic rings. The third kappa shape index (κ3) is 7.49. The molecule has 0 saturated heterocycles. The van der Waals surface area contributed by atoms with Crippen LogP contribution < -0.4 is 9.47 Å². The van der Waals surface area contributed by atoms with Gasteiger partial charge in [-0.25, -0.2) is 0 Å². The van der Waals surface area contributed by atoms with E-state index in [0.29, 0.717) is 41.4 Å². The van der Waals surface area contributed by atoms with Gasteiger partial charge >= 0.3 is 0 Å². The van der Waals surface area contributed by atoms with Crippen LogP contribution in [-0.4, -0.2) is 24.8 Å². The monoisotopic (exact) mass is 572 g/mol. The average Bonchev–Trinajstić information content (AvgIpc) is 3.29. The van der Waals surface area contributed by atoms with Crippen LogP contribution in [0.15, 0.2) is 120 Å². The standard InChI is InChI=1S/C38H36O5/c1-3-5-23-41-30-17-11-27(12-18-30)15-21-32-25-29(36-37(39)34-9-7-8-10-35(34)38(36)40)26-33(43-32)22-16-28-13-19-31(20-14-28)42-24-6-4-2/h7-22,25-26H,3-6,23-24H2,1-2H3/b21-15+,22-16+. The number of carbonyl (C=O) groups excluding carboxylic acids is 2. The smallest absolute Gasteiger partial charge is 0.198 e. The van der Waals surface area contributed by atoms with E-state index in [-0.39, 0.29) is 17.1 Å². The second-order valence-corrected chi connectivity index (χ2v) is 10.4. The first-order chi connectivity index (χ1) is 21.1. The zero-order chi connectivity index (χ0) is 30.0. The Labute approximate surface area is 253 Å². The number of ketones is 2. The molecule has 1 aliphatic heterocycles. The highest BCUT2D eigenvalue weighted by Gasteiger charge is 2.35. The fourth-order valence-corrected chi connectivity index (χ4v) is 4.74. The third-order valence-electron chi connectivity index (χ3n) is 7.16. The lowest BCUT2D eigenvalue weighted by Gasteiger charge is -2.15. The number of benzene rings is 3. The molecule has 0 atom stereocenters. The molecule has 5 heteroatoms. The van der Waals surface area contributed by atoms with Crippen molar-refractivity contribution >= 4 is 23.7 Å². The van der Waals surface area contributed by atoms with Crippen molar-refractivity contribution in [2.24, 2.45) is 0 Å². The minimum atomic E-state index is -0.269. The van der Waals surface area contributed by atoms with Crippen LogP contribution in [0.4, 0.5) is 0 Å². The Morgan fingerprint density at radius 1 is 0.605 bits per heavy atom. The van der Waals surface area contributed by atoms with E-state index in [1.165, 1.54) is 0 Å². The van der Waals surface area contributed by atoms with Crippen LogP contribution in [0.25, 0.3) is 12.2 Å². The van der Waals surface area contributed by atoms with E-state index >= 15 is 0 Å². The van der Waals surface area contributed by atoms with Crippen LogP contribution in [0.1, 0.15) is 71.4 Å². The second-order valence-electron chi connectivity index (χ2n) is 10.4. The predicted molar refractivity (Wildman–Crippen MR) is 171 cm³/mol. The van der Waals surface area contributed by atoms with Crippen LogP contribution in [0.3, 0.4) is 0 Å². The van der Waals surface area contributed by atoms with Crippen LogP contribution >= 0.6 is 0 Å². The maximum Gasteiger partial charge on any atom is 0.198 e. The highest BCUT2D eigenvalue weighted by Crippen LogP contribution is 2.33. The predicted octanol–water partition coefficient (Wildman–Crippen LogP) is 8.94. The number of hydrogen-bond donors (Lipinski definition) is 0. The first kappa shape index (κ1) is 29.6. The first-order valence-corrected chi connectivity index (χ1v) is 14.9. The van der Waals surface area contributed by atoms with E-state index in [2.05, 4.69) is 13.8 Å². The molecular weight excluding hydrogens is 536 g/mol. The fourth-order valence-electron chi connectivity index (χ4n) is 4.74. The highest BCUT2D eigenvalue weighted by atomic mass is 16.5. The molecule has 0 bridgehead atoms. The lowest BCUT2D eigenvalue weighted by Crippen LogP contribution is -2.07. The molecule has 0 N–H and O–H groups in total. The summed E-state index contributed by atoms with van der Waals surface area (Å²) in [5.74, 6) is 2.16. The average molecular weight is 573 g/mol. The number of hydrogen-bond acceptors (Lipinski definition) is 5. The molecule has 3 aromatic rings. The Morgan fingerprint density at radius 3 is 1.47 bits per heavy atom. The summed E-state index contributed by atoms with van der Waals surface area (Å²) in [5, 5.41) is 0. The van der Waals surface area contributed by atoms with Gasteiger partial charge in [-0.3, -0.25) is 9.59 Å². The van der Waals surface area contributed by atoms with Gasteiger partial charge in [0.05, 0.1) is 18.8 Å². The van der Waals surface area contributed by atoms with Crippen LogP contribution in [-0.2, 0) is 4.74 Å². The lowest BCUT2D eigenvalue weighted by atomic mass is 10.00. The molecule has 0 aromatic heterocycles. The van der Waals surface area contributed by atoms with Crippen molar-refractivity contribution in [3.8, 4) is 11.5 Å². The van der Waals surface area contributed by atoms with Gasteiger partial charge in [0.1, 0.15) is 23.0 Å². The Balaban J connectivity index is 1.40. The minimum Gasteiger partial charge on any atom is -0.494 e. The van der Waals surface area contributed by atoms with Crippen molar-refractivity contribution < 1.29 is 23.8 Å². The Morgan fingerprint density at radius 2 is 1.05 bits per heavy atom. The maximum absolute atomic E-state index is 13.3. The molecule has 0 fully saturated rings. The molecule has 0 spiro atoms. The topological polar surface area (TPSA) is 61.8 Å². The van der Waals surface area contributed by atoms with E-state index < -0.39 is 0 Å². The molecular formula is C38H36O5. The Bertz CT molecular complexity index is 1500. The number of carbonyl (C=O) groups is 2. The van der Waals surface area contributed by atoms with E-state index in [1.54, 1.807) is 36.4 Å². The molecule has 0 unspecified atom stereocenters. The maximum atomic E-state index is 13.3. The number of fused-ring (bicyclic) bond motifs is 1. The van der Waals surface area contributed by atoms with Gasteiger partial charge < -0.3 is 14.2 Å². The zero-order valence-corrected chi connectivity index (χ0v) is 24.7. The highest BCUT2D eigenvalue weighted by molar-refractivity contribution is 6.40. The molecule has 1 heterocycles. The molecule has 1 aliphatic carbocycles. The summed E-state index contributed by atoms with van der Waals surface area (Å²) >= 11 is 0. The zero-order valence-electron chi connectivity index (χ0n) is 24.7. The first-order valence-electron chi connectivity index (χ1n) is 14.9. The summed E-state index contributed by atoms with van der Waals surface area (Å²) in [4.78, 5) is 26.6. The van der Waals surface area contributed by atoms with Crippen LogP contribution in [0, 0.1) is 0 Å². The largest absolute Gasteiger partial charge is 0.494 e. The van der Waals surface area contributed by atoms with Crippen LogP contribution in [0.5, 0.6) is 11.5 Å². The fraction of sp³-hybridized carbons (Fsp3) is 0.211. The molecule has 5 nitrogen and oxygen atoms in total. The SMILES string of the molecule is CCCCOc1ccc(/C=C/C2=CC(=C3C(=O)c4ccccc4C3=O)C=C(/C=C/c3ccc(OCCCC)cc3)O2)cc1. The molecule has 0 saturated carbocycles. The van der Waals surface area contributed by atoms with Crippen molar-refractivity contribution in [3.05, 3.63) is 142 Å². The number of allylic oxidation sites excluding steroid dienone is 6. The number of ether oxygens (including phenoxy) is 3. The normalized spacial score (nSPS) is 14.7. The van der Waals surface area contributed by atoms with E-state index in [4.69, 9.17) is 14.2 Å². The minimum absolute atomic E-state index is 0.156. The molecule has 0 amide bonds. The van der Waals surface area contributed by atoms with Crippen molar-refractivity contribution in [1.82, 2.24) is 0 Å². The molecule has 0 radical (unpaired) electrons. The van der Waals surface area contributed by atoms with Gasteiger partial charge in [-0.1, -0.05) is 87.4 Å². The summed E-state index contributed by atoms with van der Waals surface area (Å²) < 4.78 is 17.7. The Hall–Kier alpha value is -4.90. The van der Waals surface area contributed by atoms with Crippen molar-refractivity contribution in [2.75, 3.05) is 13.2 Å². The van der Waals surface area contributed by atoms with Crippen LogP contribution in [0.2, 0.25) is 0 Å². The summed E-state index contributed by atoms with van der Waals surface area (Å²) in [6, 6.07) is 22.6. The van der Waals surface area contributed by atoms with Crippen molar-refractivity contribution in [2.45, 2.75) is 39.5 Å². The van der Waals surface area contributed by atoms with E-state index in [1.807, 2.05) is 72.8 Å². The van der Waals surface area contributed by atoms with Gasteiger partial charge in [0.2, 0.25) is 0 Å². The van der Waals surface area contributed by atoms with Gasteiger partial charge in [-0.05, 0) is 78.1 Å². The van der Waals surface area contributed by atoms with Crippen molar-refractivity contribution in [1.29, 1.82) is 0 Å².